The third kappa shape index (κ3) is 1.61. The minimum atomic E-state index is -0.382. The Balaban J connectivity index is 2.66. The molecule has 3 nitrogen and oxygen atoms in total. The van der Waals surface area contributed by atoms with Crippen LogP contribution in [0.4, 0.5) is 0 Å². The highest BCUT2D eigenvalue weighted by molar-refractivity contribution is 5.80. The lowest BCUT2D eigenvalue weighted by Gasteiger charge is -2.34. The molecule has 1 aliphatic rings. The van der Waals surface area contributed by atoms with E-state index in [1.54, 1.807) is 0 Å². The van der Waals surface area contributed by atoms with Gasteiger partial charge in [0.2, 0.25) is 0 Å². The van der Waals surface area contributed by atoms with Gasteiger partial charge in [-0.05, 0) is 32.2 Å². The van der Waals surface area contributed by atoms with E-state index in [-0.39, 0.29) is 11.5 Å². The van der Waals surface area contributed by atoms with Crippen LogP contribution in [0.25, 0.3) is 0 Å². The van der Waals surface area contributed by atoms with Crippen LogP contribution in [0.2, 0.25) is 0 Å². The Labute approximate surface area is 73.5 Å². The zero-order valence-electron chi connectivity index (χ0n) is 7.85. The van der Waals surface area contributed by atoms with Crippen molar-refractivity contribution < 1.29 is 9.53 Å². The normalized spacial score (nSPS) is 29.8. The molecule has 1 saturated heterocycles. The van der Waals surface area contributed by atoms with Crippen LogP contribution in [0.1, 0.15) is 32.6 Å². The zero-order chi connectivity index (χ0) is 9.03. The summed E-state index contributed by atoms with van der Waals surface area (Å²) in [5.41, 5.74) is -0.382. The predicted octanol–water partition coefficient (Wildman–Crippen LogP) is 1.08. The third-order valence-electron chi connectivity index (χ3n) is 2.67. The van der Waals surface area contributed by atoms with Gasteiger partial charge in [0, 0.05) is 0 Å². The Morgan fingerprint density at radius 1 is 1.58 bits per heavy atom. The van der Waals surface area contributed by atoms with Gasteiger partial charge in [-0.1, -0.05) is 6.92 Å². The molecule has 1 N–H and O–H groups in total. The number of piperidine rings is 1. The molecular formula is C9H17NO2. The molecule has 0 bridgehead atoms. The fraction of sp³-hybridized carbons (Fsp3) is 0.889. The minimum absolute atomic E-state index is 0.107. The van der Waals surface area contributed by atoms with Gasteiger partial charge in [-0.15, -0.1) is 0 Å². The third-order valence-corrected chi connectivity index (χ3v) is 2.67. The van der Waals surface area contributed by atoms with Crippen LogP contribution in [0.3, 0.4) is 0 Å². The molecule has 0 radical (unpaired) electrons. The van der Waals surface area contributed by atoms with E-state index in [0.717, 1.165) is 25.8 Å². The van der Waals surface area contributed by atoms with E-state index in [1.165, 1.54) is 13.5 Å². The molecular weight excluding hydrogens is 154 g/mol. The summed E-state index contributed by atoms with van der Waals surface area (Å²) in [5, 5.41) is 3.26. The summed E-state index contributed by atoms with van der Waals surface area (Å²) in [6.07, 6.45) is 4.02. The Kier molecular flexibility index (Phi) is 3.09. The molecule has 70 valence electrons. The number of rotatable bonds is 2. The Morgan fingerprint density at radius 3 is 2.75 bits per heavy atom. The zero-order valence-corrected chi connectivity index (χ0v) is 7.85. The van der Waals surface area contributed by atoms with Gasteiger partial charge < -0.3 is 10.1 Å². The summed E-state index contributed by atoms with van der Waals surface area (Å²) >= 11 is 0. The van der Waals surface area contributed by atoms with Gasteiger partial charge in [0.15, 0.2) is 0 Å². The molecule has 1 rings (SSSR count). The summed E-state index contributed by atoms with van der Waals surface area (Å²) < 4.78 is 4.78. The smallest absolute Gasteiger partial charge is 0.326 e. The number of carbonyl (C=O) groups is 1. The topological polar surface area (TPSA) is 38.3 Å². The number of esters is 1. The number of methoxy groups -OCH3 is 1. The molecule has 12 heavy (non-hydrogen) atoms. The minimum Gasteiger partial charge on any atom is -0.468 e. The molecule has 0 spiro atoms. The molecule has 3 heteroatoms. The molecule has 0 saturated carbocycles. The standard InChI is InChI=1S/C9H17NO2/c1-3-9(8(11)12-2)6-4-5-7-10-9/h10H,3-7H2,1-2H3/t9-/m1/s1. The molecule has 0 aromatic carbocycles. The molecule has 1 fully saturated rings. The van der Waals surface area contributed by atoms with E-state index in [1.807, 2.05) is 6.92 Å². The largest absolute Gasteiger partial charge is 0.468 e. The maximum atomic E-state index is 11.4. The average Bonchev–Trinajstić information content (AvgIpc) is 2.17. The summed E-state index contributed by atoms with van der Waals surface area (Å²) in [4.78, 5) is 11.4. The lowest BCUT2D eigenvalue weighted by molar-refractivity contribution is -0.149. The van der Waals surface area contributed by atoms with Crippen LogP contribution >= 0.6 is 0 Å². The number of hydrogen-bond donors (Lipinski definition) is 1. The molecule has 1 atom stereocenters. The first-order valence-electron chi connectivity index (χ1n) is 4.58. The van der Waals surface area contributed by atoms with Crippen molar-refractivity contribution in [2.45, 2.75) is 38.1 Å². The van der Waals surface area contributed by atoms with Crippen LogP contribution in [-0.4, -0.2) is 25.2 Å². The molecule has 0 unspecified atom stereocenters. The second-order valence-electron chi connectivity index (χ2n) is 3.31. The van der Waals surface area contributed by atoms with E-state index in [2.05, 4.69) is 5.32 Å². The maximum Gasteiger partial charge on any atom is 0.326 e. The summed E-state index contributed by atoms with van der Waals surface area (Å²) in [6.45, 7) is 2.96. The van der Waals surface area contributed by atoms with Crippen LogP contribution in [0.15, 0.2) is 0 Å². The second kappa shape index (κ2) is 3.90. The van der Waals surface area contributed by atoms with Crippen molar-refractivity contribution in [3.8, 4) is 0 Å². The predicted molar refractivity (Wildman–Crippen MR) is 46.9 cm³/mol. The number of carbonyl (C=O) groups excluding carboxylic acids is 1. The van der Waals surface area contributed by atoms with Gasteiger partial charge in [-0.3, -0.25) is 4.79 Å². The van der Waals surface area contributed by atoms with E-state index >= 15 is 0 Å². The summed E-state index contributed by atoms with van der Waals surface area (Å²) in [5.74, 6) is -0.107. The first-order valence-corrected chi connectivity index (χ1v) is 4.58. The van der Waals surface area contributed by atoms with E-state index in [9.17, 15) is 4.79 Å². The summed E-state index contributed by atoms with van der Waals surface area (Å²) in [7, 11) is 1.45. The Morgan fingerprint density at radius 2 is 2.33 bits per heavy atom. The van der Waals surface area contributed by atoms with Crippen molar-refractivity contribution in [3.05, 3.63) is 0 Å². The van der Waals surface area contributed by atoms with Crippen LogP contribution in [-0.2, 0) is 9.53 Å². The highest BCUT2D eigenvalue weighted by atomic mass is 16.5. The van der Waals surface area contributed by atoms with Crippen molar-refractivity contribution in [1.29, 1.82) is 0 Å². The highest BCUT2D eigenvalue weighted by Gasteiger charge is 2.38. The fourth-order valence-corrected chi connectivity index (χ4v) is 1.78. The Bertz CT molecular complexity index is 162. The second-order valence-corrected chi connectivity index (χ2v) is 3.31. The van der Waals surface area contributed by atoms with Gasteiger partial charge in [-0.25, -0.2) is 0 Å². The van der Waals surface area contributed by atoms with Crippen molar-refractivity contribution in [2.75, 3.05) is 13.7 Å². The molecule has 0 aliphatic carbocycles. The number of ether oxygens (including phenoxy) is 1. The number of hydrogen-bond acceptors (Lipinski definition) is 3. The molecule has 1 aliphatic heterocycles. The van der Waals surface area contributed by atoms with Gasteiger partial charge in [-0.2, -0.15) is 0 Å². The monoisotopic (exact) mass is 171 g/mol. The SMILES string of the molecule is CC[C@]1(C(=O)OC)CCCCN1. The van der Waals surface area contributed by atoms with Crippen LogP contribution < -0.4 is 5.32 Å². The number of nitrogens with one attached hydrogen (secondary N) is 1. The molecule has 0 amide bonds. The van der Waals surface area contributed by atoms with Crippen molar-refractivity contribution in [3.63, 3.8) is 0 Å². The molecule has 0 aromatic heterocycles. The van der Waals surface area contributed by atoms with Crippen LogP contribution in [0.5, 0.6) is 0 Å². The average molecular weight is 171 g/mol. The summed E-state index contributed by atoms with van der Waals surface area (Å²) in [6, 6.07) is 0. The Hall–Kier alpha value is -0.570. The molecule has 1 heterocycles. The van der Waals surface area contributed by atoms with Crippen molar-refractivity contribution >= 4 is 5.97 Å². The quantitative estimate of drug-likeness (QED) is 0.632. The first-order chi connectivity index (χ1) is 5.75. The maximum absolute atomic E-state index is 11.4. The van der Waals surface area contributed by atoms with E-state index in [4.69, 9.17) is 4.74 Å². The van der Waals surface area contributed by atoms with Gasteiger partial charge >= 0.3 is 5.97 Å². The molecule has 0 aromatic rings. The van der Waals surface area contributed by atoms with Crippen molar-refractivity contribution in [1.82, 2.24) is 5.32 Å². The van der Waals surface area contributed by atoms with Crippen molar-refractivity contribution in [2.24, 2.45) is 0 Å². The first kappa shape index (κ1) is 9.52. The van der Waals surface area contributed by atoms with Gasteiger partial charge in [0.1, 0.15) is 5.54 Å². The van der Waals surface area contributed by atoms with Gasteiger partial charge in [0.25, 0.3) is 0 Å². The lowest BCUT2D eigenvalue weighted by Crippen LogP contribution is -2.54. The fourth-order valence-electron chi connectivity index (χ4n) is 1.78. The highest BCUT2D eigenvalue weighted by Crippen LogP contribution is 2.23. The van der Waals surface area contributed by atoms with E-state index in [0.29, 0.717) is 0 Å². The van der Waals surface area contributed by atoms with Crippen LogP contribution in [0, 0.1) is 0 Å². The lowest BCUT2D eigenvalue weighted by atomic mass is 9.86. The van der Waals surface area contributed by atoms with Gasteiger partial charge in [0.05, 0.1) is 7.11 Å². The van der Waals surface area contributed by atoms with E-state index < -0.39 is 0 Å².